The molecule has 0 spiro atoms. The van der Waals surface area contributed by atoms with Crippen LogP contribution in [0.4, 0.5) is 5.69 Å². The lowest BCUT2D eigenvalue weighted by molar-refractivity contribution is -0.385. The molecule has 0 atom stereocenters. The summed E-state index contributed by atoms with van der Waals surface area (Å²) in [5.41, 5.74) is 0.426. The number of hydrogen-bond donors (Lipinski definition) is 1. The van der Waals surface area contributed by atoms with Gasteiger partial charge in [0.2, 0.25) is 5.91 Å². The summed E-state index contributed by atoms with van der Waals surface area (Å²) in [6.07, 6.45) is 0. The number of rotatable bonds is 6. The van der Waals surface area contributed by atoms with Crippen molar-refractivity contribution in [3.8, 4) is 0 Å². The van der Waals surface area contributed by atoms with Crippen LogP contribution in [0.1, 0.15) is 33.3 Å². The van der Waals surface area contributed by atoms with Crippen molar-refractivity contribution in [1.29, 1.82) is 0 Å². The number of hydrogen-bond acceptors (Lipinski definition) is 4. The number of nitrogens with one attached hydrogen (secondary N) is 1. The van der Waals surface area contributed by atoms with Crippen LogP contribution < -0.4 is 5.32 Å². The van der Waals surface area contributed by atoms with Crippen molar-refractivity contribution in [2.24, 2.45) is 0 Å². The predicted molar refractivity (Wildman–Crippen MR) is 81.9 cm³/mol. The summed E-state index contributed by atoms with van der Waals surface area (Å²) in [4.78, 5) is 24.4. The van der Waals surface area contributed by atoms with Crippen molar-refractivity contribution >= 4 is 11.6 Å². The second-order valence-electron chi connectivity index (χ2n) is 5.99. The maximum atomic E-state index is 12.0. The molecule has 0 aliphatic heterocycles. The average Bonchev–Trinajstić information content (AvgIpc) is 2.36. The third-order valence-electron chi connectivity index (χ3n) is 2.91. The summed E-state index contributed by atoms with van der Waals surface area (Å²) in [7, 11) is 0. The molecule has 1 amide bonds. The first-order chi connectivity index (χ1) is 9.73. The Kier molecular flexibility index (Phi) is 5.84. The van der Waals surface area contributed by atoms with Crippen LogP contribution in [0, 0.1) is 10.1 Å². The minimum atomic E-state index is -0.390. The Labute approximate surface area is 125 Å². The van der Waals surface area contributed by atoms with Gasteiger partial charge in [-0.25, -0.2) is 0 Å². The summed E-state index contributed by atoms with van der Waals surface area (Å²) in [6.45, 7) is 8.93. The van der Waals surface area contributed by atoms with E-state index in [9.17, 15) is 14.9 Å². The zero-order valence-electron chi connectivity index (χ0n) is 13.0. The second-order valence-corrected chi connectivity index (χ2v) is 5.99. The van der Waals surface area contributed by atoms with E-state index in [0.717, 1.165) is 0 Å². The molecule has 0 aromatic heterocycles. The molecule has 0 fully saturated rings. The number of nitrogens with zero attached hydrogens (tertiary/aromatic N) is 2. The van der Waals surface area contributed by atoms with Crippen molar-refractivity contribution in [3.05, 3.63) is 39.9 Å². The maximum absolute atomic E-state index is 12.0. The molecule has 116 valence electrons. The summed E-state index contributed by atoms with van der Waals surface area (Å²) in [5, 5.41) is 13.9. The highest BCUT2D eigenvalue weighted by atomic mass is 16.6. The van der Waals surface area contributed by atoms with E-state index in [1.165, 1.54) is 6.07 Å². The summed E-state index contributed by atoms with van der Waals surface area (Å²) in [5.74, 6) is -0.0806. The van der Waals surface area contributed by atoms with Crippen LogP contribution in [0.15, 0.2) is 24.3 Å². The van der Waals surface area contributed by atoms with E-state index in [0.29, 0.717) is 18.7 Å². The summed E-state index contributed by atoms with van der Waals surface area (Å²) in [6, 6.07) is 6.62. The van der Waals surface area contributed by atoms with Gasteiger partial charge in [-0.15, -0.1) is 0 Å². The molecule has 21 heavy (non-hydrogen) atoms. The second kappa shape index (κ2) is 7.17. The van der Waals surface area contributed by atoms with E-state index in [1.807, 2.05) is 32.6 Å². The largest absolute Gasteiger partial charge is 0.350 e. The summed E-state index contributed by atoms with van der Waals surface area (Å²) >= 11 is 0. The van der Waals surface area contributed by atoms with E-state index < -0.39 is 4.92 Å². The van der Waals surface area contributed by atoms with Crippen LogP contribution in [-0.2, 0) is 11.3 Å². The lowest BCUT2D eigenvalue weighted by Gasteiger charge is -2.24. The SMILES string of the molecule is CCN(CC(=O)NC(C)(C)C)Cc1ccccc1[N+](=O)[O-]. The van der Waals surface area contributed by atoms with E-state index in [2.05, 4.69) is 5.32 Å². The smallest absolute Gasteiger partial charge is 0.273 e. The fraction of sp³-hybridized carbons (Fsp3) is 0.533. The lowest BCUT2D eigenvalue weighted by atomic mass is 10.1. The van der Waals surface area contributed by atoms with Gasteiger partial charge in [0.1, 0.15) is 0 Å². The average molecular weight is 293 g/mol. The van der Waals surface area contributed by atoms with Gasteiger partial charge in [-0.1, -0.05) is 25.1 Å². The molecule has 0 saturated carbocycles. The third-order valence-corrected chi connectivity index (χ3v) is 2.91. The topological polar surface area (TPSA) is 75.5 Å². The lowest BCUT2D eigenvalue weighted by Crippen LogP contribution is -2.45. The highest BCUT2D eigenvalue weighted by Gasteiger charge is 2.19. The molecule has 0 heterocycles. The van der Waals surface area contributed by atoms with Crippen LogP contribution in [-0.4, -0.2) is 34.4 Å². The zero-order valence-corrected chi connectivity index (χ0v) is 13.0. The molecule has 0 saturated heterocycles. The molecule has 0 unspecified atom stereocenters. The van der Waals surface area contributed by atoms with Crippen LogP contribution in [0.2, 0.25) is 0 Å². The van der Waals surface area contributed by atoms with Crippen molar-refractivity contribution < 1.29 is 9.72 Å². The third kappa shape index (κ3) is 5.91. The molecule has 1 rings (SSSR count). The Morgan fingerprint density at radius 2 is 1.95 bits per heavy atom. The molecule has 0 radical (unpaired) electrons. The highest BCUT2D eigenvalue weighted by Crippen LogP contribution is 2.19. The Bertz CT molecular complexity index is 509. The molecular formula is C15H23N3O3. The number of para-hydroxylation sites is 1. The zero-order chi connectivity index (χ0) is 16.0. The monoisotopic (exact) mass is 293 g/mol. The van der Waals surface area contributed by atoms with E-state index in [-0.39, 0.29) is 23.7 Å². The van der Waals surface area contributed by atoms with E-state index >= 15 is 0 Å². The Morgan fingerprint density at radius 1 is 1.33 bits per heavy atom. The molecule has 1 N–H and O–H groups in total. The van der Waals surface area contributed by atoms with Gasteiger partial charge in [-0.3, -0.25) is 19.8 Å². The Balaban J connectivity index is 2.75. The number of benzene rings is 1. The standard InChI is InChI=1S/C15H23N3O3/c1-5-17(11-14(19)16-15(2,3)4)10-12-8-6-7-9-13(12)18(20)21/h6-9H,5,10-11H2,1-4H3,(H,16,19). The van der Waals surface area contributed by atoms with Gasteiger partial charge >= 0.3 is 0 Å². The van der Waals surface area contributed by atoms with Crippen LogP contribution in [0.25, 0.3) is 0 Å². The number of nitro benzene ring substituents is 1. The van der Waals surface area contributed by atoms with Crippen molar-refractivity contribution in [3.63, 3.8) is 0 Å². The molecule has 0 aliphatic rings. The molecule has 6 nitrogen and oxygen atoms in total. The van der Waals surface area contributed by atoms with Crippen LogP contribution in [0.3, 0.4) is 0 Å². The fourth-order valence-electron chi connectivity index (χ4n) is 2.00. The normalized spacial score (nSPS) is 11.5. The summed E-state index contributed by atoms with van der Waals surface area (Å²) < 4.78 is 0. The van der Waals surface area contributed by atoms with Crippen LogP contribution >= 0.6 is 0 Å². The quantitative estimate of drug-likeness (QED) is 0.645. The highest BCUT2D eigenvalue weighted by molar-refractivity contribution is 5.78. The van der Waals surface area contributed by atoms with Gasteiger partial charge in [0.15, 0.2) is 0 Å². The number of nitro groups is 1. The van der Waals surface area contributed by atoms with Gasteiger partial charge in [-0.2, -0.15) is 0 Å². The molecule has 1 aromatic carbocycles. The Hall–Kier alpha value is -1.95. The number of amides is 1. The number of likely N-dealkylation sites (N-methyl/N-ethyl adjacent to an activating group) is 1. The van der Waals surface area contributed by atoms with Gasteiger partial charge < -0.3 is 5.32 Å². The minimum Gasteiger partial charge on any atom is -0.350 e. The molecular weight excluding hydrogens is 270 g/mol. The maximum Gasteiger partial charge on any atom is 0.273 e. The van der Waals surface area contributed by atoms with Gasteiger partial charge in [0.05, 0.1) is 11.5 Å². The fourth-order valence-corrected chi connectivity index (χ4v) is 2.00. The van der Waals surface area contributed by atoms with Crippen molar-refractivity contribution in [2.75, 3.05) is 13.1 Å². The van der Waals surface area contributed by atoms with E-state index in [1.54, 1.807) is 18.2 Å². The minimum absolute atomic E-state index is 0.0806. The van der Waals surface area contributed by atoms with E-state index in [4.69, 9.17) is 0 Å². The molecule has 6 heteroatoms. The van der Waals surface area contributed by atoms with Gasteiger partial charge in [0.25, 0.3) is 5.69 Å². The molecule has 1 aromatic rings. The van der Waals surface area contributed by atoms with Gasteiger partial charge in [0, 0.05) is 23.7 Å². The number of carbonyl (C=O) groups excluding carboxylic acids is 1. The van der Waals surface area contributed by atoms with Crippen LogP contribution in [0.5, 0.6) is 0 Å². The van der Waals surface area contributed by atoms with Crippen molar-refractivity contribution in [1.82, 2.24) is 10.2 Å². The number of carbonyl (C=O) groups is 1. The first kappa shape index (κ1) is 17.1. The molecule has 0 aliphatic carbocycles. The predicted octanol–water partition coefficient (Wildman–Crippen LogP) is 2.33. The Morgan fingerprint density at radius 3 is 2.48 bits per heavy atom. The first-order valence-electron chi connectivity index (χ1n) is 6.98. The first-order valence-corrected chi connectivity index (χ1v) is 6.98. The van der Waals surface area contributed by atoms with Crippen molar-refractivity contribution in [2.45, 2.75) is 39.8 Å². The molecule has 0 bridgehead atoms. The van der Waals surface area contributed by atoms with Gasteiger partial charge in [-0.05, 0) is 27.3 Å².